The average Bonchev–Trinajstić information content (AvgIpc) is 2.24. The first-order chi connectivity index (χ1) is 7.26. The van der Waals surface area contributed by atoms with Gasteiger partial charge in [0, 0.05) is 20.1 Å². The summed E-state index contributed by atoms with van der Waals surface area (Å²) in [5.74, 6) is 6.24. The summed E-state index contributed by atoms with van der Waals surface area (Å²) in [6, 6.07) is 0. The lowest BCUT2D eigenvalue weighted by atomic mass is 10.2. The van der Waals surface area contributed by atoms with Crippen LogP contribution in [-0.2, 0) is 0 Å². The fourth-order valence-corrected chi connectivity index (χ4v) is 1.32. The maximum Gasteiger partial charge on any atom is 0.208 e. The molecule has 0 amide bonds. The van der Waals surface area contributed by atoms with Gasteiger partial charge in [-0.1, -0.05) is 33.1 Å². The van der Waals surface area contributed by atoms with E-state index >= 15 is 0 Å². The van der Waals surface area contributed by atoms with Gasteiger partial charge in [0.15, 0.2) is 0 Å². The number of hydrazine groups is 1. The molecule has 0 atom stereocenters. The largest absolute Gasteiger partial charge is 0.345 e. The highest BCUT2D eigenvalue weighted by Crippen LogP contribution is 1.97. The number of unbranched alkanes of at least 4 members (excludes halogenated alkanes) is 3. The van der Waals surface area contributed by atoms with Crippen LogP contribution in [0.4, 0.5) is 0 Å². The Bertz CT molecular complexity index is 168. The Labute approximate surface area is 93.9 Å². The van der Waals surface area contributed by atoms with Gasteiger partial charge in [0.2, 0.25) is 5.96 Å². The third kappa shape index (κ3) is 7.19. The van der Waals surface area contributed by atoms with Gasteiger partial charge in [-0.05, 0) is 12.8 Å². The molecule has 0 aromatic rings. The molecular weight excluding hydrogens is 188 g/mol. The quantitative estimate of drug-likeness (QED) is 0.223. The summed E-state index contributed by atoms with van der Waals surface area (Å²) < 4.78 is 0. The van der Waals surface area contributed by atoms with Gasteiger partial charge in [-0.2, -0.15) is 0 Å². The van der Waals surface area contributed by atoms with Gasteiger partial charge < -0.3 is 4.90 Å². The minimum absolute atomic E-state index is 0.805. The van der Waals surface area contributed by atoms with Crippen molar-refractivity contribution in [1.82, 2.24) is 10.3 Å². The molecule has 0 aromatic heterocycles. The van der Waals surface area contributed by atoms with Gasteiger partial charge >= 0.3 is 0 Å². The van der Waals surface area contributed by atoms with E-state index in [2.05, 4.69) is 29.2 Å². The van der Waals surface area contributed by atoms with Crippen molar-refractivity contribution >= 4 is 5.96 Å². The highest BCUT2D eigenvalue weighted by molar-refractivity contribution is 5.79. The van der Waals surface area contributed by atoms with Crippen LogP contribution in [0, 0.1) is 0 Å². The summed E-state index contributed by atoms with van der Waals surface area (Å²) in [6.45, 7) is 6.24. The minimum atomic E-state index is 0.805. The molecule has 0 bridgehead atoms. The van der Waals surface area contributed by atoms with Crippen molar-refractivity contribution < 1.29 is 0 Å². The lowest BCUT2D eigenvalue weighted by Crippen LogP contribution is -2.43. The number of hydrogen-bond acceptors (Lipinski definition) is 2. The van der Waals surface area contributed by atoms with Crippen LogP contribution >= 0.6 is 0 Å². The van der Waals surface area contributed by atoms with Gasteiger partial charge in [-0.3, -0.25) is 10.4 Å². The third-order valence-corrected chi connectivity index (χ3v) is 2.36. The molecule has 4 nitrogen and oxygen atoms in total. The van der Waals surface area contributed by atoms with Crippen LogP contribution in [0.3, 0.4) is 0 Å². The Morgan fingerprint density at radius 1 is 1.20 bits per heavy atom. The highest BCUT2D eigenvalue weighted by atomic mass is 15.4. The lowest BCUT2D eigenvalue weighted by Gasteiger charge is -2.20. The number of guanidine groups is 1. The summed E-state index contributed by atoms with van der Waals surface area (Å²) in [5.41, 5.74) is 2.66. The van der Waals surface area contributed by atoms with Crippen LogP contribution in [0.2, 0.25) is 0 Å². The molecule has 0 rings (SSSR count). The Hall–Kier alpha value is -0.770. The molecule has 90 valence electrons. The lowest BCUT2D eigenvalue weighted by molar-refractivity contribution is 0.457. The summed E-state index contributed by atoms with van der Waals surface area (Å²) >= 11 is 0. The molecule has 15 heavy (non-hydrogen) atoms. The van der Waals surface area contributed by atoms with E-state index in [9.17, 15) is 0 Å². The van der Waals surface area contributed by atoms with Crippen molar-refractivity contribution in [2.24, 2.45) is 10.8 Å². The molecule has 0 spiro atoms. The van der Waals surface area contributed by atoms with Crippen LogP contribution in [0.25, 0.3) is 0 Å². The Balaban J connectivity index is 3.86. The highest BCUT2D eigenvalue weighted by Gasteiger charge is 2.02. The van der Waals surface area contributed by atoms with Crippen molar-refractivity contribution in [3.05, 3.63) is 0 Å². The zero-order chi connectivity index (χ0) is 11.5. The van der Waals surface area contributed by atoms with E-state index in [0.29, 0.717) is 0 Å². The summed E-state index contributed by atoms with van der Waals surface area (Å²) in [6.07, 6.45) is 5.99. The summed E-state index contributed by atoms with van der Waals surface area (Å²) in [5, 5.41) is 0. The average molecular weight is 214 g/mol. The molecule has 0 aromatic carbocycles. The monoisotopic (exact) mass is 214 g/mol. The molecule has 0 saturated carbocycles. The Morgan fingerprint density at radius 2 is 1.87 bits per heavy atom. The molecule has 3 N–H and O–H groups in total. The van der Waals surface area contributed by atoms with E-state index in [1.54, 1.807) is 0 Å². The van der Waals surface area contributed by atoms with Crippen LogP contribution in [0.1, 0.15) is 46.0 Å². The first kappa shape index (κ1) is 14.2. The number of hydrogen-bond donors (Lipinski definition) is 2. The van der Waals surface area contributed by atoms with E-state index in [4.69, 9.17) is 5.84 Å². The van der Waals surface area contributed by atoms with Crippen molar-refractivity contribution in [1.29, 1.82) is 0 Å². The van der Waals surface area contributed by atoms with Gasteiger partial charge in [-0.25, -0.2) is 5.84 Å². The van der Waals surface area contributed by atoms with Crippen molar-refractivity contribution in [3.8, 4) is 0 Å². The van der Waals surface area contributed by atoms with E-state index in [0.717, 1.165) is 25.5 Å². The Morgan fingerprint density at radius 3 is 2.40 bits per heavy atom. The van der Waals surface area contributed by atoms with E-state index < -0.39 is 0 Å². The fraction of sp³-hybridized carbons (Fsp3) is 0.909. The van der Waals surface area contributed by atoms with Crippen LogP contribution in [0.15, 0.2) is 4.99 Å². The van der Waals surface area contributed by atoms with E-state index in [-0.39, 0.29) is 0 Å². The standard InChI is InChI=1S/C11H26N4/c1-4-6-8-10-15(3)11(14-12)13-9-7-5-2/h4-10,12H2,1-3H3,(H,13,14). The van der Waals surface area contributed by atoms with Gasteiger partial charge in [0.05, 0.1) is 0 Å². The van der Waals surface area contributed by atoms with Gasteiger partial charge in [0.25, 0.3) is 0 Å². The minimum Gasteiger partial charge on any atom is -0.345 e. The van der Waals surface area contributed by atoms with Crippen molar-refractivity contribution in [3.63, 3.8) is 0 Å². The van der Waals surface area contributed by atoms with Crippen LogP contribution in [-0.4, -0.2) is 31.0 Å². The second kappa shape index (κ2) is 9.77. The fourth-order valence-electron chi connectivity index (χ4n) is 1.32. The molecule has 0 fully saturated rings. The molecule has 4 heteroatoms. The molecular formula is C11H26N4. The molecule has 0 unspecified atom stereocenters. The van der Waals surface area contributed by atoms with Crippen molar-refractivity contribution in [2.75, 3.05) is 20.1 Å². The summed E-state index contributed by atoms with van der Waals surface area (Å²) in [4.78, 5) is 6.51. The molecule has 0 aliphatic carbocycles. The number of nitrogens with two attached hydrogens (primary N) is 1. The molecule has 0 aliphatic rings. The van der Waals surface area contributed by atoms with Crippen LogP contribution in [0.5, 0.6) is 0 Å². The molecule has 0 heterocycles. The van der Waals surface area contributed by atoms with Crippen LogP contribution < -0.4 is 11.3 Å². The predicted molar refractivity (Wildman–Crippen MR) is 66.7 cm³/mol. The smallest absolute Gasteiger partial charge is 0.208 e. The van der Waals surface area contributed by atoms with E-state index in [1.165, 1.54) is 25.7 Å². The zero-order valence-electron chi connectivity index (χ0n) is 10.4. The van der Waals surface area contributed by atoms with Gasteiger partial charge in [0.1, 0.15) is 0 Å². The SMILES string of the molecule is CCCCCN(C)C(=NCCCC)NN. The molecule has 0 aliphatic heterocycles. The number of rotatable bonds is 7. The topological polar surface area (TPSA) is 53.6 Å². The second-order valence-corrected chi connectivity index (χ2v) is 3.83. The predicted octanol–water partition coefficient (Wildman–Crippen LogP) is 1.73. The van der Waals surface area contributed by atoms with Gasteiger partial charge in [-0.15, -0.1) is 0 Å². The number of nitrogens with zero attached hydrogens (tertiary/aromatic N) is 2. The number of nitrogens with one attached hydrogen (secondary N) is 1. The zero-order valence-corrected chi connectivity index (χ0v) is 10.4. The third-order valence-electron chi connectivity index (χ3n) is 2.36. The number of aliphatic imine (C=N–C) groups is 1. The molecule has 0 radical (unpaired) electrons. The molecule has 0 saturated heterocycles. The maximum atomic E-state index is 5.44. The first-order valence-electron chi connectivity index (χ1n) is 5.98. The first-order valence-corrected chi connectivity index (χ1v) is 5.98. The van der Waals surface area contributed by atoms with Crippen molar-refractivity contribution in [2.45, 2.75) is 46.0 Å². The normalized spacial score (nSPS) is 11.6. The second-order valence-electron chi connectivity index (χ2n) is 3.83. The Kier molecular flexibility index (Phi) is 9.27. The maximum absolute atomic E-state index is 5.44. The van der Waals surface area contributed by atoms with E-state index in [1.807, 2.05) is 7.05 Å². The summed E-state index contributed by atoms with van der Waals surface area (Å²) in [7, 11) is 2.03.